The van der Waals surface area contributed by atoms with Crippen molar-refractivity contribution in [3.8, 4) is 5.75 Å². The van der Waals surface area contributed by atoms with Crippen LogP contribution in [-0.4, -0.2) is 16.3 Å². The number of aliphatic hydroxyl groups is 1. The van der Waals surface area contributed by atoms with Crippen molar-refractivity contribution >= 4 is 0 Å². The number of phenols is 1. The second-order valence-electron chi connectivity index (χ2n) is 7.73. The van der Waals surface area contributed by atoms with Crippen molar-refractivity contribution in [2.24, 2.45) is 5.73 Å². The standard InChI is InChI=1S/C17H29NO2/c1-10(19)14(18)11-8-12(16(2,3)4)15(20)13(9-11)17(5,6)7/h8-10,14,19-20H,18H2,1-7H3/t10-,14-/m0/s1. The normalized spacial score (nSPS) is 16.1. The Kier molecular flexibility index (Phi) is 4.57. The van der Waals surface area contributed by atoms with Gasteiger partial charge in [0.25, 0.3) is 0 Å². The Balaban J connectivity index is 3.59. The summed E-state index contributed by atoms with van der Waals surface area (Å²) in [4.78, 5) is 0. The van der Waals surface area contributed by atoms with E-state index in [9.17, 15) is 10.2 Å². The van der Waals surface area contributed by atoms with Gasteiger partial charge in [-0.05, 0) is 46.6 Å². The number of hydrogen-bond acceptors (Lipinski definition) is 3. The Hall–Kier alpha value is -1.06. The van der Waals surface area contributed by atoms with Crippen LogP contribution in [0.3, 0.4) is 0 Å². The number of phenolic OH excluding ortho intramolecular Hbond substituents is 1. The highest BCUT2D eigenvalue weighted by atomic mass is 16.3. The minimum atomic E-state index is -0.625. The summed E-state index contributed by atoms with van der Waals surface area (Å²) in [5.74, 6) is 0.339. The molecular weight excluding hydrogens is 250 g/mol. The molecule has 0 saturated carbocycles. The van der Waals surface area contributed by atoms with Gasteiger partial charge in [-0.1, -0.05) is 41.5 Å². The highest BCUT2D eigenvalue weighted by Crippen LogP contribution is 2.40. The fraction of sp³-hybridized carbons (Fsp3) is 0.647. The summed E-state index contributed by atoms with van der Waals surface area (Å²) in [6.07, 6.45) is -0.625. The summed E-state index contributed by atoms with van der Waals surface area (Å²) in [6, 6.07) is 3.39. The van der Waals surface area contributed by atoms with E-state index in [0.29, 0.717) is 5.75 Å². The Morgan fingerprint density at radius 1 is 0.950 bits per heavy atom. The van der Waals surface area contributed by atoms with Crippen molar-refractivity contribution in [1.29, 1.82) is 0 Å². The summed E-state index contributed by atoms with van der Waals surface area (Å²) in [5.41, 5.74) is 8.33. The van der Waals surface area contributed by atoms with Crippen LogP contribution in [0.4, 0.5) is 0 Å². The van der Waals surface area contributed by atoms with E-state index in [1.165, 1.54) is 0 Å². The molecule has 0 unspecified atom stereocenters. The predicted octanol–water partition coefficient (Wildman–Crippen LogP) is 3.37. The molecule has 1 aromatic carbocycles. The molecule has 3 heteroatoms. The van der Waals surface area contributed by atoms with E-state index < -0.39 is 12.1 Å². The summed E-state index contributed by atoms with van der Waals surface area (Å²) >= 11 is 0. The first-order chi connectivity index (χ1) is 8.85. The average molecular weight is 279 g/mol. The van der Waals surface area contributed by atoms with E-state index in [4.69, 9.17) is 5.73 Å². The third-order valence-corrected chi connectivity index (χ3v) is 3.65. The molecule has 1 rings (SSSR count). The monoisotopic (exact) mass is 279 g/mol. The van der Waals surface area contributed by atoms with Gasteiger partial charge in [-0.25, -0.2) is 0 Å². The summed E-state index contributed by atoms with van der Waals surface area (Å²) < 4.78 is 0. The van der Waals surface area contributed by atoms with E-state index in [1.807, 2.05) is 12.1 Å². The van der Waals surface area contributed by atoms with Crippen LogP contribution in [0.15, 0.2) is 12.1 Å². The molecule has 0 aliphatic heterocycles. The van der Waals surface area contributed by atoms with Crippen molar-refractivity contribution < 1.29 is 10.2 Å². The maximum Gasteiger partial charge on any atom is 0.123 e. The molecule has 0 heterocycles. The largest absolute Gasteiger partial charge is 0.507 e. The number of aromatic hydroxyl groups is 1. The number of rotatable bonds is 2. The second-order valence-corrected chi connectivity index (χ2v) is 7.73. The molecule has 114 valence electrons. The molecule has 0 radical (unpaired) electrons. The first-order valence-electron chi connectivity index (χ1n) is 7.17. The molecule has 0 saturated heterocycles. The smallest absolute Gasteiger partial charge is 0.123 e. The van der Waals surface area contributed by atoms with Crippen LogP contribution >= 0.6 is 0 Å². The van der Waals surface area contributed by atoms with Crippen LogP contribution < -0.4 is 5.73 Å². The molecular formula is C17H29NO2. The van der Waals surface area contributed by atoms with Crippen molar-refractivity contribution in [3.63, 3.8) is 0 Å². The van der Waals surface area contributed by atoms with Crippen molar-refractivity contribution in [2.75, 3.05) is 0 Å². The molecule has 1 aromatic rings. The lowest BCUT2D eigenvalue weighted by Crippen LogP contribution is -2.25. The summed E-state index contributed by atoms with van der Waals surface area (Å²) in [7, 11) is 0. The fourth-order valence-corrected chi connectivity index (χ4v) is 2.27. The van der Waals surface area contributed by atoms with E-state index in [0.717, 1.165) is 16.7 Å². The van der Waals surface area contributed by atoms with E-state index in [-0.39, 0.29) is 10.8 Å². The van der Waals surface area contributed by atoms with Crippen molar-refractivity contribution in [3.05, 3.63) is 28.8 Å². The van der Waals surface area contributed by atoms with Crippen LogP contribution in [0, 0.1) is 0 Å². The maximum absolute atomic E-state index is 10.6. The highest BCUT2D eigenvalue weighted by Gasteiger charge is 2.28. The lowest BCUT2D eigenvalue weighted by molar-refractivity contribution is 0.164. The molecule has 0 fully saturated rings. The van der Waals surface area contributed by atoms with E-state index >= 15 is 0 Å². The Bertz CT molecular complexity index is 444. The maximum atomic E-state index is 10.6. The zero-order chi connectivity index (χ0) is 15.9. The van der Waals surface area contributed by atoms with Crippen LogP contribution in [0.5, 0.6) is 5.75 Å². The molecule has 0 spiro atoms. The molecule has 3 nitrogen and oxygen atoms in total. The van der Waals surface area contributed by atoms with Gasteiger partial charge in [-0.2, -0.15) is 0 Å². The quantitative estimate of drug-likeness (QED) is 0.777. The van der Waals surface area contributed by atoms with Crippen molar-refractivity contribution in [2.45, 2.75) is 71.4 Å². The van der Waals surface area contributed by atoms with Gasteiger partial charge < -0.3 is 15.9 Å². The van der Waals surface area contributed by atoms with Gasteiger partial charge in [-0.15, -0.1) is 0 Å². The Morgan fingerprint density at radius 2 is 1.30 bits per heavy atom. The minimum absolute atomic E-state index is 0.182. The third-order valence-electron chi connectivity index (χ3n) is 3.65. The topological polar surface area (TPSA) is 66.5 Å². The van der Waals surface area contributed by atoms with E-state index in [2.05, 4.69) is 41.5 Å². The molecule has 0 aliphatic rings. The number of benzene rings is 1. The summed E-state index contributed by atoms with van der Waals surface area (Å²) in [6.45, 7) is 14.1. The van der Waals surface area contributed by atoms with Crippen LogP contribution in [0.2, 0.25) is 0 Å². The highest BCUT2D eigenvalue weighted by molar-refractivity contribution is 5.50. The molecule has 0 bridgehead atoms. The lowest BCUT2D eigenvalue weighted by atomic mass is 9.77. The van der Waals surface area contributed by atoms with Gasteiger partial charge in [-0.3, -0.25) is 0 Å². The Morgan fingerprint density at radius 3 is 1.55 bits per heavy atom. The van der Waals surface area contributed by atoms with E-state index in [1.54, 1.807) is 6.92 Å². The molecule has 2 atom stereocenters. The second kappa shape index (κ2) is 5.38. The molecule has 0 amide bonds. The number of aliphatic hydroxyl groups excluding tert-OH is 1. The first-order valence-corrected chi connectivity index (χ1v) is 7.17. The zero-order valence-corrected chi connectivity index (χ0v) is 13.8. The predicted molar refractivity (Wildman–Crippen MR) is 84.1 cm³/mol. The molecule has 4 N–H and O–H groups in total. The van der Waals surface area contributed by atoms with Gasteiger partial charge in [0.2, 0.25) is 0 Å². The first kappa shape index (κ1) is 17.0. The third kappa shape index (κ3) is 3.53. The SMILES string of the molecule is C[C@H](O)[C@H](N)c1cc(C(C)(C)C)c(O)c(C(C)(C)C)c1. The van der Waals surface area contributed by atoms with Crippen molar-refractivity contribution in [1.82, 2.24) is 0 Å². The zero-order valence-electron chi connectivity index (χ0n) is 13.8. The van der Waals surface area contributed by atoms with Gasteiger partial charge in [0.15, 0.2) is 0 Å². The van der Waals surface area contributed by atoms with Crippen LogP contribution in [-0.2, 0) is 10.8 Å². The van der Waals surface area contributed by atoms with Gasteiger partial charge in [0.1, 0.15) is 5.75 Å². The molecule has 0 aromatic heterocycles. The minimum Gasteiger partial charge on any atom is -0.507 e. The van der Waals surface area contributed by atoms with Crippen LogP contribution in [0.1, 0.15) is 71.2 Å². The summed E-state index contributed by atoms with van der Waals surface area (Å²) in [5, 5.41) is 20.3. The number of hydrogen-bond donors (Lipinski definition) is 3. The fourth-order valence-electron chi connectivity index (χ4n) is 2.27. The van der Waals surface area contributed by atoms with Gasteiger partial charge in [0, 0.05) is 0 Å². The van der Waals surface area contributed by atoms with Crippen LogP contribution in [0.25, 0.3) is 0 Å². The number of nitrogens with two attached hydrogens (primary N) is 1. The molecule has 0 aliphatic carbocycles. The van der Waals surface area contributed by atoms with Gasteiger partial charge >= 0.3 is 0 Å². The Labute approximate surface area is 122 Å². The average Bonchev–Trinajstić information content (AvgIpc) is 2.24. The van der Waals surface area contributed by atoms with Gasteiger partial charge in [0.05, 0.1) is 12.1 Å². The molecule has 20 heavy (non-hydrogen) atoms. The lowest BCUT2D eigenvalue weighted by Gasteiger charge is -2.29.